The van der Waals surface area contributed by atoms with Crippen LogP contribution in [0.15, 0.2) is 52.6 Å². The molecule has 2 heterocycles. The van der Waals surface area contributed by atoms with Gasteiger partial charge in [0.15, 0.2) is 11.6 Å². The van der Waals surface area contributed by atoms with Crippen molar-refractivity contribution in [3.8, 4) is 11.8 Å². The second-order valence-corrected chi connectivity index (χ2v) is 7.15. The van der Waals surface area contributed by atoms with E-state index in [0.29, 0.717) is 24.3 Å². The Morgan fingerprint density at radius 2 is 2.10 bits per heavy atom. The van der Waals surface area contributed by atoms with Crippen molar-refractivity contribution < 1.29 is 9.13 Å². The smallest absolute Gasteiger partial charge is 0.324 e. The highest BCUT2D eigenvalue weighted by molar-refractivity contribution is 6.05. The first kappa shape index (κ1) is 19.1. The standard InChI is InChI=1S/C23H23FN4O/c1-4-6-15-11-20(25-13-15)27-21-12-17(5-2)26-23(28-21)29-19-8-7-16-9-14(3)10-18(16)22(19)24/h4,6-8,10-12H,5,9,13H2,1-3H3,(H,25,26,27,28)/b6-4+. The van der Waals surface area contributed by atoms with E-state index in [1.54, 1.807) is 6.07 Å². The Morgan fingerprint density at radius 1 is 1.24 bits per heavy atom. The molecule has 6 heteroatoms. The molecule has 0 spiro atoms. The average molecular weight is 390 g/mol. The van der Waals surface area contributed by atoms with Crippen LogP contribution >= 0.6 is 0 Å². The third kappa shape index (κ3) is 4.11. The number of aromatic nitrogens is 2. The summed E-state index contributed by atoms with van der Waals surface area (Å²) in [5, 5.41) is 3.20. The van der Waals surface area contributed by atoms with Crippen LogP contribution < -0.4 is 10.1 Å². The van der Waals surface area contributed by atoms with E-state index in [1.165, 1.54) is 0 Å². The number of aliphatic imine (C=N–C) groups is 1. The molecule has 1 aromatic heterocycles. The fourth-order valence-electron chi connectivity index (χ4n) is 3.43. The highest BCUT2D eigenvalue weighted by atomic mass is 19.1. The number of amidine groups is 1. The molecule has 0 amide bonds. The number of allylic oxidation sites excluding steroid dienone is 2. The van der Waals surface area contributed by atoms with Crippen LogP contribution in [-0.2, 0) is 12.8 Å². The van der Waals surface area contributed by atoms with Crippen molar-refractivity contribution in [2.45, 2.75) is 33.6 Å². The number of anilines is 1. The van der Waals surface area contributed by atoms with Gasteiger partial charge in [0, 0.05) is 17.3 Å². The number of nitrogens with one attached hydrogen (secondary N) is 1. The molecule has 5 nitrogen and oxygen atoms in total. The molecule has 148 valence electrons. The molecule has 29 heavy (non-hydrogen) atoms. The summed E-state index contributed by atoms with van der Waals surface area (Å²) in [4.78, 5) is 13.3. The number of hydrogen-bond acceptors (Lipinski definition) is 5. The van der Waals surface area contributed by atoms with Crippen LogP contribution in [0.3, 0.4) is 0 Å². The lowest BCUT2D eigenvalue weighted by Crippen LogP contribution is -2.10. The van der Waals surface area contributed by atoms with Crippen molar-refractivity contribution in [2.75, 3.05) is 11.9 Å². The van der Waals surface area contributed by atoms with Crippen molar-refractivity contribution in [3.63, 3.8) is 0 Å². The summed E-state index contributed by atoms with van der Waals surface area (Å²) in [7, 11) is 0. The lowest BCUT2D eigenvalue weighted by Gasteiger charge is -2.11. The van der Waals surface area contributed by atoms with Crippen LogP contribution in [0.5, 0.6) is 11.8 Å². The van der Waals surface area contributed by atoms with Crippen molar-refractivity contribution in [1.82, 2.24) is 9.97 Å². The Morgan fingerprint density at radius 3 is 2.90 bits per heavy atom. The number of halogens is 1. The summed E-state index contributed by atoms with van der Waals surface area (Å²) in [6.07, 6.45) is 9.32. The zero-order chi connectivity index (χ0) is 20.4. The summed E-state index contributed by atoms with van der Waals surface area (Å²) >= 11 is 0. The van der Waals surface area contributed by atoms with Gasteiger partial charge in [-0.15, -0.1) is 0 Å². The molecule has 0 bridgehead atoms. The van der Waals surface area contributed by atoms with Gasteiger partial charge in [0.2, 0.25) is 0 Å². The van der Waals surface area contributed by atoms with E-state index in [2.05, 4.69) is 20.3 Å². The summed E-state index contributed by atoms with van der Waals surface area (Å²) in [5.74, 6) is 1.05. The predicted octanol–water partition coefficient (Wildman–Crippen LogP) is 5.26. The first-order valence-electron chi connectivity index (χ1n) is 9.74. The van der Waals surface area contributed by atoms with Gasteiger partial charge in [0.05, 0.1) is 6.54 Å². The maximum Gasteiger partial charge on any atom is 0.324 e. The summed E-state index contributed by atoms with van der Waals surface area (Å²) in [5.41, 5.74) is 4.62. The summed E-state index contributed by atoms with van der Waals surface area (Å²) in [6, 6.07) is 5.50. The van der Waals surface area contributed by atoms with Gasteiger partial charge in [-0.1, -0.05) is 36.8 Å². The minimum Gasteiger partial charge on any atom is -0.421 e. The lowest BCUT2D eigenvalue weighted by molar-refractivity contribution is 0.409. The number of aryl methyl sites for hydroxylation is 1. The maximum atomic E-state index is 14.9. The average Bonchev–Trinajstić information content (AvgIpc) is 3.30. The first-order valence-corrected chi connectivity index (χ1v) is 9.74. The van der Waals surface area contributed by atoms with Gasteiger partial charge in [0.25, 0.3) is 0 Å². The normalized spacial score (nSPS) is 15.2. The topological polar surface area (TPSA) is 59.4 Å². The number of fused-ring (bicyclic) bond motifs is 1. The predicted molar refractivity (Wildman–Crippen MR) is 114 cm³/mol. The van der Waals surface area contributed by atoms with Crippen molar-refractivity contribution in [3.05, 3.63) is 70.2 Å². The first-order chi connectivity index (χ1) is 14.1. The zero-order valence-electron chi connectivity index (χ0n) is 16.8. The number of rotatable bonds is 5. The Hall–Kier alpha value is -3.28. The van der Waals surface area contributed by atoms with Gasteiger partial charge in [-0.3, -0.25) is 4.99 Å². The highest BCUT2D eigenvalue weighted by Gasteiger charge is 2.19. The van der Waals surface area contributed by atoms with Gasteiger partial charge in [-0.05, 0) is 50.0 Å². The van der Waals surface area contributed by atoms with Crippen LogP contribution in [0, 0.1) is 5.82 Å². The third-order valence-electron chi connectivity index (χ3n) is 4.81. The van der Waals surface area contributed by atoms with Crippen LogP contribution in [0.2, 0.25) is 0 Å². The second-order valence-electron chi connectivity index (χ2n) is 7.15. The molecule has 1 aliphatic carbocycles. The largest absolute Gasteiger partial charge is 0.421 e. The summed E-state index contributed by atoms with van der Waals surface area (Å²) < 4.78 is 20.6. The van der Waals surface area contributed by atoms with Gasteiger partial charge >= 0.3 is 6.01 Å². The van der Waals surface area contributed by atoms with Crippen LogP contribution in [0.4, 0.5) is 10.2 Å². The number of benzene rings is 1. The van der Waals surface area contributed by atoms with E-state index in [4.69, 9.17) is 4.74 Å². The molecule has 2 aromatic rings. The van der Waals surface area contributed by atoms with Crippen molar-refractivity contribution in [1.29, 1.82) is 0 Å². The minimum absolute atomic E-state index is 0.112. The molecule has 0 unspecified atom stereocenters. The quantitative estimate of drug-likeness (QED) is 0.757. The molecular formula is C23H23FN4O. The van der Waals surface area contributed by atoms with Crippen LogP contribution in [-0.4, -0.2) is 22.3 Å². The molecule has 0 fully saturated rings. The second kappa shape index (κ2) is 7.99. The molecule has 2 aliphatic rings. The van der Waals surface area contributed by atoms with Crippen molar-refractivity contribution >= 4 is 17.7 Å². The molecule has 1 N–H and O–H groups in total. The fraction of sp³-hybridized carbons (Fsp3) is 0.261. The molecule has 1 aliphatic heterocycles. The van der Waals surface area contributed by atoms with Gasteiger partial charge in [0.1, 0.15) is 11.7 Å². The van der Waals surface area contributed by atoms with E-state index in [1.807, 2.05) is 57.2 Å². The number of ether oxygens (including phenoxy) is 1. The number of nitrogens with zero attached hydrogens (tertiary/aromatic N) is 3. The van der Waals surface area contributed by atoms with Gasteiger partial charge in [-0.25, -0.2) is 4.39 Å². The fourth-order valence-corrected chi connectivity index (χ4v) is 3.43. The molecular weight excluding hydrogens is 367 g/mol. The molecule has 0 atom stereocenters. The van der Waals surface area contributed by atoms with E-state index in [-0.39, 0.29) is 17.6 Å². The van der Waals surface area contributed by atoms with E-state index in [0.717, 1.165) is 34.7 Å². The van der Waals surface area contributed by atoms with E-state index in [9.17, 15) is 4.39 Å². The van der Waals surface area contributed by atoms with E-state index >= 15 is 0 Å². The van der Waals surface area contributed by atoms with Crippen molar-refractivity contribution in [2.24, 2.45) is 4.99 Å². The van der Waals surface area contributed by atoms with Crippen LogP contribution in [0.1, 0.15) is 37.6 Å². The number of hydrogen-bond donors (Lipinski definition) is 1. The molecule has 0 radical (unpaired) electrons. The Bertz CT molecular complexity index is 1080. The molecule has 1 aromatic carbocycles. The summed E-state index contributed by atoms with van der Waals surface area (Å²) in [6.45, 7) is 6.60. The van der Waals surface area contributed by atoms with Gasteiger partial charge < -0.3 is 10.1 Å². The maximum absolute atomic E-state index is 14.9. The van der Waals surface area contributed by atoms with Crippen LogP contribution in [0.25, 0.3) is 6.08 Å². The van der Waals surface area contributed by atoms with E-state index < -0.39 is 0 Å². The molecule has 0 saturated heterocycles. The van der Waals surface area contributed by atoms with Gasteiger partial charge in [-0.2, -0.15) is 9.97 Å². The lowest BCUT2D eigenvalue weighted by atomic mass is 10.1. The molecule has 4 rings (SSSR count). The monoisotopic (exact) mass is 390 g/mol. The Balaban J connectivity index is 1.59. The Labute approximate surface area is 169 Å². The zero-order valence-corrected chi connectivity index (χ0v) is 16.8. The minimum atomic E-state index is -0.376. The SMILES string of the molecule is C/C=C/C1=CC(Nc2cc(CC)nc(Oc3ccc4c(c3F)C=C(C)C4)n2)=NC1. The molecule has 0 saturated carbocycles. The highest BCUT2D eigenvalue weighted by Crippen LogP contribution is 2.33. The third-order valence-corrected chi connectivity index (χ3v) is 4.81. The Kier molecular flexibility index (Phi) is 5.25.